The molecule has 2 rings (SSSR count). The highest BCUT2D eigenvalue weighted by Crippen LogP contribution is 2.33. The maximum absolute atomic E-state index is 11.8. The van der Waals surface area contributed by atoms with Gasteiger partial charge in [-0.1, -0.05) is 0 Å². The fraction of sp³-hybridized carbons (Fsp3) is 0.500. The van der Waals surface area contributed by atoms with Gasteiger partial charge in [0, 0.05) is 18.3 Å². The second kappa shape index (κ2) is 4.99. The van der Waals surface area contributed by atoms with Crippen LogP contribution in [0.4, 0.5) is 16.2 Å². The van der Waals surface area contributed by atoms with Gasteiger partial charge in [0.1, 0.15) is 12.4 Å². The van der Waals surface area contributed by atoms with Crippen molar-refractivity contribution < 1.29 is 9.53 Å². The average molecular weight is 263 g/mol. The van der Waals surface area contributed by atoms with Gasteiger partial charge in [-0.15, -0.1) is 0 Å². The molecular weight excluding hydrogens is 242 g/mol. The van der Waals surface area contributed by atoms with Gasteiger partial charge in [0.2, 0.25) is 0 Å². The van der Waals surface area contributed by atoms with Crippen LogP contribution in [0.3, 0.4) is 0 Å². The number of carbonyl (C=O) groups excluding carboxylic acids is 1. The third-order valence-corrected chi connectivity index (χ3v) is 2.80. The summed E-state index contributed by atoms with van der Waals surface area (Å²) in [5.41, 5.74) is 1.51. The number of nitrogens with zero attached hydrogens (tertiary/aromatic N) is 1. The van der Waals surface area contributed by atoms with Crippen molar-refractivity contribution in [2.75, 3.05) is 30.4 Å². The molecule has 0 saturated carbocycles. The standard InChI is InChI=1S/C14H21N3O2/c1-14(2,3)16-13(18)15-10-5-6-12-11(9-10)17(4)7-8-19-12/h5-6,9H,7-8H2,1-4H3,(H2,15,16,18). The molecule has 0 aliphatic carbocycles. The topological polar surface area (TPSA) is 53.6 Å². The number of benzene rings is 1. The summed E-state index contributed by atoms with van der Waals surface area (Å²) in [6, 6.07) is 5.46. The maximum Gasteiger partial charge on any atom is 0.319 e. The van der Waals surface area contributed by atoms with Crippen molar-refractivity contribution in [1.29, 1.82) is 0 Å². The lowest BCUT2D eigenvalue weighted by molar-refractivity contribution is 0.244. The Bertz CT molecular complexity index is 480. The zero-order chi connectivity index (χ0) is 14.0. The lowest BCUT2D eigenvalue weighted by Gasteiger charge is -2.28. The van der Waals surface area contributed by atoms with Gasteiger partial charge in [0.05, 0.1) is 12.2 Å². The zero-order valence-corrected chi connectivity index (χ0v) is 11.9. The lowest BCUT2D eigenvalue weighted by Crippen LogP contribution is -2.43. The molecule has 0 atom stereocenters. The molecule has 1 aliphatic heterocycles. The fourth-order valence-corrected chi connectivity index (χ4v) is 1.93. The fourth-order valence-electron chi connectivity index (χ4n) is 1.93. The van der Waals surface area contributed by atoms with Crippen LogP contribution in [0.2, 0.25) is 0 Å². The van der Waals surface area contributed by atoms with Crippen LogP contribution in [0.15, 0.2) is 18.2 Å². The van der Waals surface area contributed by atoms with Gasteiger partial charge in [-0.25, -0.2) is 4.79 Å². The predicted molar refractivity (Wildman–Crippen MR) is 77.1 cm³/mol. The minimum atomic E-state index is -0.252. The van der Waals surface area contributed by atoms with Gasteiger partial charge >= 0.3 is 6.03 Å². The highest BCUT2D eigenvalue weighted by atomic mass is 16.5. The normalized spacial score (nSPS) is 14.4. The molecule has 0 spiro atoms. The van der Waals surface area contributed by atoms with E-state index in [9.17, 15) is 4.79 Å². The molecule has 0 fully saturated rings. The Balaban J connectivity index is 2.10. The Morgan fingerprint density at radius 3 is 2.79 bits per heavy atom. The smallest absolute Gasteiger partial charge is 0.319 e. The van der Waals surface area contributed by atoms with Crippen molar-refractivity contribution in [2.24, 2.45) is 0 Å². The van der Waals surface area contributed by atoms with Gasteiger partial charge in [0.25, 0.3) is 0 Å². The zero-order valence-electron chi connectivity index (χ0n) is 11.9. The van der Waals surface area contributed by atoms with Gasteiger partial charge in [-0.3, -0.25) is 0 Å². The summed E-state index contributed by atoms with van der Waals surface area (Å²) >= 11 is 0. The molecule has 0 unspecified atom stereocenters. The molecule has 1 aromatic rings. The molecule has 19 heavy (non-hydrogen) atoms. The molecule has 1 aromatic carbocycles. The van der Waals surface area contributed by atoms with E-state index < -0.39 is 0 Å². The molecule has 5 heteroatoms. The number of amides is 2. The molecule has 0 aromatic heterocycles. The van der Waals surface area contributed by atoms with Gasteiger partial charge in [0.15, 0.2) is 0 Å². The molecule has 1 aliphatic rings. The largest absolute Gasteiger partial charge is 0.490 e. The number of urea groups is 1. The van der Waals surface area contributed by atoms with E-state index in [2.05, 4.69) is 15.5 Å². The number of rotatable bonds is 1. The van der Waals surface area contributed by atoms with E-state index in [4.69, 9.17) is 4.74 Å². The first-order valence-electron chi connectivity index (χ1n) is 6.42. The van der Waals surface area contributed by atoms with Crippen LogP contribution in [-0.4, -0.2) is 31.8 Å². The Morgan fingerprint density at radius 1 is 1.37 bits per heavy atom. The molecule has 0 bridgehead atoms. The van der Waals surface area contributed by atoms with Gasteiger partial charge < -0.3 is 20.3 Å². The number of likely N-dealkylation sites (N-methyl/N-ethyl adjacent to an activating group) is 1. The number of carbonyl (C=O) groups is 1. The van der Waals surface area contributed by atoms with Crippen LogP contribution in [0.25, 0.3) is 0 Å². The Labute approximate surface area is 113 Å². The molecule has 0 saturated heterocycles. The predicted octanol–water partition coefficient (Wildman–Crippen LogP) is 2.44. The van der Waals surface area contributed by atoms with Crippen LogP contribution in [0, 0.1) is 0 Å². The van der Waals surface area contributed by atoms with Crippen molar-refractivity contribution in [1.82, 2.24) is 5.32 Å². The van der Waals surface area contributed by atoms with E-state index in [-0.39, 0.29) is 11.6 Å². The summed E-state index contributed by atoms with van der Waals surface area (Å²) in [7, 11) is 2.01. The third kappa shape index (κ3) is 3.53. The van der Waals surface area contributed by atoms with Crippen molar-refractivity contribution in [2.45, 2.75) is 26.3 Å². The highest BCUT2D eigenvalue weighted by molar-refractivity contribution is 5.90. The highest BCUT2D eigenvalue weighted by Gasteiger charge is 2.17. The molecule has 5 nitrogen and oxygen atoms in total. The summed E-state index contributed by atoms with van der Waals surface area (Å²) in [6.45, 7) is 7.38. The quantitative estimate of drug-likeness (QED) is 0.818. The molecule has 1 heterocycles. The van der Waals surface area contributed by atoms with Crippen LogP contribution >= 0.6 is 0 Å². The molecule has 2 amide bonds. The second-order valence-corrected chi connectivity index (χ2v) is 5.78. The Morgan fingerprint density at radius 2 is 2.11 bits per heavy atom. The summed E-state index contributed by atoms with van der Waals surface area (Å²) < 4.78 is 5.56. The van der Waals surface area contributed by atoms with Gasteiger partial charge in [-0.05, 0) is 39.0 Å². The lowest BCUT2D eigenvalue weighted by atomic mass is 10.1. The Kier molecular flexibility index (Phi) is 3.55. The summed E-state index contributed by atoms with van der Waals surface area (Å²) in [4.78, 5) is 13.9. The van der Waals surface area contributed by atoms with E-state index in [0.29, 0.717) is 6.61 Å². The number of hydrogen-bond acceptors (Lipinski definition) is 3. The summed E-state index contributed by atoms with van der Waals surface area (Å²) in [6.07, 6.45) is 0. The van der Waals surface area contributed by atoms with Crippen LogP contribution in [0.5, 0.6) is 5.75 Å². The van der Waals surface area contributed by atoms with Crippen LogP contribution < -0.4 is 20.3 Å². The number of anilines is 2. The maximum atomic E-state index is 11.8. The van der Waals surface area contributed by atoms with E-state index >= 15 is 0 Å². The number of fused-ring (bicyclic) bond motifs is 1. The van der Waals surface area contributed by atoms with E-state index in [0.717, 1.165) is 23.7 Å². The first-order chi connectivity index (χ1) is 8.85. The van der Waals surface area contributed by atoms with Crippen molar-refractivity contribution in [3.63, 3.8) is 0 Å². The molecular formula is C14H21N3O2. The van der Waals surface area contributed by atoms with E-state index in [1.54, 1.807) is 0 Å². The van der Waals surface area contributed by atoms with E-state index in [1.165, 1.54) is 0 Å². The SMILES string of the molecule is CN1CCOc2ccc(NC(=O)NC(C)(C)C)cc21. The average Bonchev–Trinajstić information content (AvgIpc) is 2.27. The first kappa shape index (κ1) is 13.5. The van der Waals surface area contributed by atoms with Gasteiger partial charge in [-0.2, -0.15) is 0 Å². The minimum absolute atomic E-state index is 0.202. The second-order valence-electron chi connectivity index (χ2n) is 5.78. The van der Waals surface area contributed by atoms with Crippen molar-refractivity contribution in [3.05, 3.63) is 18.2 Å². The summed E-state index contributed by atoms with van der Waals surface area (Å²) in [5.74, 6) is 0.857. The number of nitrogens with one attached hydrogen (secondary N) is 2. The minimum Gasteiger partial charge on any atom is -0.490 e. The van der Waals surface area contributed by atoms with E-state index in [1.807, 2.05) is 46.0 Å². The molecule has 2 N–H and O–H groups in total. The molecule has 104 valence electrons. The van der Waals surface area contributed by atoms with Crippen molar-refractivity contribution in [3.8, 4) is 5.75 Å². The molecule has 0 radical (unpaired) electrons. The van der Waals surface area contributed by atoms with Crippen molar-refractivity contribution >= 4 is 17.4 Å². The number of ether oxygens (including phenoxy) is 1. The third-order valence-electron chi connectivity index (χ3n) is 2.80. The first-order valence-corrected chi connectivity index (χ1v) is 6.42. The monoisotopic (exact) mass is 263 g/mol. The van der Waals surface area contributed by atoms with Crippen LogP contribution in [0.1, 0.15) is 20.8 Å². The van der Waals surface area contributed by atoms with Crippen LogP contribution in [-0.2, 0) is 0 Å². The Hall–Kier alpha value is -1.91. The number of hydrogen-bond donors (Lipinski definition) is 2. The summed E-state index contributed by atoms with van der Waals surface area (Å²) in [5, 5.41) is 5.70.